The SMILES string of the molecule is CC(C)NCc1ccccc1Oc1cc(Br)ccc1Cl. The second-order valence-electron chi connectivity index (χ2n) is 4.82. The van der Waals surface area contributed by atoms with Gasteiger partial charge in [0.2, 0.25) is 0 Å². The lowest BCUT2D eigenvalue weighted by Crippen LogP contribution is -2.22. The predicted molar refractivity (Wildman–Crippen MR) is 87.6 cm³/mol. The first kappa shape index (κ1) is 15.4. The van der Waals surface area contributed by atoms with Crippen molar-refractivity contribution in [3.05, 3.63) is 57.5 Å². The molecule has 0 amide bonds. The van der Waals surface area contributed by atoms with E-state index in [1.54, 1.807) is 0 Å². The number of hydrogen-bond acceptors (Lipinski definition) is 2. The van der Waals surface area contributed by atoms with Gasteiger partial charge in [0, 0.05) is 22.6 Å². The maximum atomic E-state index is 6.16. The van der Waals surface area contributed by atoms with Crippen LogP contribution in [0.3, 0.4) is 0 Å². The third-order valence-electron chi connectivity index (χ3n) is 2.79. The average molecular weight is 355 g/mol. The van der Waals surface area contributed by atoms with E-state index in [-0.39, 0.29) is 0 Å². The summed E-state index contributed by atoms with van der Waals surface area (Å²) in [6.07, 6.45) is 0. The quantitative estimate of drug-likeness (QED) is 0.777. The van der Waals surface area contributed by atoms with E-state index in [1.165, 1.54) is 0 Å². The molecule has 0 radical (unpaired) electrons. The van der Waals surface area contributed by atoms with Crippen molar-refractivity contribution in [1.29, 1.82) is 0 Å². The van der Waals surface area contributed by atoms with E-state index in [1.807, 2.05) is 36.4 Å². The molecule has 4 heteroatoms. The minimum Gasteiger partial charge on any atom is -0.455 e. The maximum Gasteiger partial charge on any atom is 0.147 e. The monoisotopic (exact) mass is 353 g/mol. The van der Waals surface area contributed by atoms with Gasteiger partial charge in [0.25, 0.3) is 0 Å². The molecule has 2 aromatic carbocycles. The molecule has 0 fully saturated rings. The van der Waals surface area contributed by atoms with Gasteiger partial charge in [-0.05, 0) is 24.3 Å². The fraction of sp³-hybridized carbons (Fsp3) is 0.250. The summed E-state index contributed by atoms with van der Waals surface area (Å²) in [7, 11) is 0. The summed E-state index contributed by atoms with van der Waals surface area (Å²) in [5.41, 5.74) is 1.11. The van der Waals surface area contributed by atoms with Gasteiger partial charge in [-0.1, -0.05) is 59.6 Å². The zero-order chi connectivity index (χ0) is 14.5. The molecule has 2 nitrogen and oxygen atoms in total. The summed E-state index contributed by atoms with van der Waals surface area (Å²) in [6, 6.07) is 14.0. The molecule has 1 N–H and O–H groups in total. The van der Waals surface area contributed by atoms with E-state index in [4.69, 9.17) is 16.3 Å². The second kappa shape index (κ2) is 7.11. The van der Waals surface area contributed by atoms with Crippen LogP contribution in [-0.2, 0) is 6.54 Å². The predicted octanol–water partition coefficient (Wildman–Crippen LogP) is 5.39. The standard InChI is InChI=1S/C16H17BrClNO/c1-11(2)19-10-12-5-3-4-6-15(12)20-16-9-13(17)7-8-14(16)18/h3-9,11,19H,10H2,1-2H3. The molecule has 2 rings (SSSR count). The van der Waals surface area contributed by atoms with Gasteiger partial charge in [0.1, 0.15) is 11.5 Å². The Kier molecular flexibility index (Phi) is 5.46. The fourth-order valence-corrected chi connectivity index (χ4v) is 2.23. The van der Waals surface area contributed by atoms with Crippen LogP contribution < -0.4 is 10.1 Å². The van der Waals surface area contributed by atoms with Crippen molar-refractivity contribution < 1.29 is 4.74 Å². The average Bonchev–Trinajstić information content (AvgIpc) is 2.42. The molecule has 0 atom stereocenters. The van der Waals surface area contributed by atoms with E-state index in [0.29, 0.717) is 16.8 Å². The number of halogens is 2. The van der Waals surface area contributed by atoms with Crippen LogP contribution in [0.1, 0.15) is 19.4 Å². The van der Waals surface area contributed by atoms with E-state index in [9.17, 15) is 0 Å². The highest BCUT2D eigenvalue weighted by Gasteiger charge is 2.08. The maximum absolute atomic E-state index is 6.16. The number of benzene rings is 2. The third-order valence-corrected chi connectivity index (χ3v) is 3.59. The van der Waals surface area contributed by atoms with Gasteiger partial charge < -0.3 is 10.1 Å². The molecule has 0 aromatic heterocycles. The van der Waals surface area contributed by atoms with Crippen molar-refractivity contribution in [2.45, 2.75) is 26.4 Å². The highest BCUT2D eigenvalue weighted by Crippen LogP contribution is 2.33. The number of nitrogens with one attached hydrogen (secondary N) is 1. The minimum absolute atomic E-state index is 0.428. The zero-order valence-corrected chi connectivity index (χ0v) is 13.8. The first-order valence-corrected chi connectivity index (χ1v) is 7.67. The Balaban J connectivity index is 2.22. The Labute approximate surface area is 133 Å². The van der Waals surface area contributed by atoms with E-state index in [2.05, 4.69) is 41.2 Å². The molecular formula is C16H17BrClNO. The normalized spacial score (nSPS) is 10.8. The van der Waals surface area contributed by atoms with Crippen LogP contribution in [0.4, 0.5) is 0 Å². The highest BCUT2D eigenvalue weighted by atomic mass is 79.9. The number of rotatable bonds is 5. The van der Waals surface area contributed by atoms with Gasteiger partial charge in [0.15, 0.2) is 0 Å². The smallest absolute Gasteiger partial charge is 0.147 e. The Morgan fingerprint density at radius 1 is 1.15 bits per heavy atom. The van der Waals surface area contributed by atoms with Gasteiger partial charge in [-0.3, -0.25) is 0 Å². The van der Waals surface area contributed by atoms with Crippen LogP contribution in [-0.4, -0.2) is 6.04 Å². The topological polar surface area (TPSA) is 21.3 Å². The zero-order valence-electron chi connectivity index (χ0n) is 11.5. The summed E-state index contributed by atoms with van der Waals surface area (Å²) in [5.74, 6) is 1.47. The van der Waals surface area contributed by atoms with Crippen LogP contribution in [0.15, 0.2) is 46.9 Å². The highest BCUT2D eigenvalue weighted by molar-refractivity contribution is 9.10. The largest absolute Gasteiger partial charge is 0.455 e. The van der Waals surface area contributed by atoms with Gasteiger partial charge in [-0.25, -0.2) is 0 Å². The van der Waals surface area contributed by atoms with Gasteiger partial charge in [-0.15, -0.1) is 0 Å². The van der Waals surface area contributed by atoms with Crippen molar-refractivity contribution in [2.75, 3.05) is 0 Å². The van der Waals surface area contributed by atoms with Crippen LogP contribution in [0.5, 0.6) is 11.5 Å². The van der Waals surface area contributed by atoms with Gasteiger partial charge in [-0.2, -0.15) is 0 Å². The van der Waals surface area contributed by atoms with Gasteiger partial charge in [0.05, 0.1) is 5.02 Å². The summed E-state index contributed by atoms with van der Waals surface area (Å²) >= 11 is 9.59. The van der Waals surface area contributed by atoms with Crippen molar-refractivity contribution in [1.82, 2.24) is 5.32 Å². The van der Waals surface area contributed by atoms with E-state index >= 15 is 0 Å². The summed E-state index contributed by atoms with van der Waals surface area (Å²) in [4.78, 5) is 0. The Bertz CT molecular complexity index is 586. The minimum atomic E-state index is 0.428. The van der Waals surface area contributed by atoms with E-state index < -0.39 is 0 Å². The lowest BCUT2D eigenvalue weighted by Gasteiger charge is -2.14. The van der Waals surface area contributed by atoms with E-state index in [0.717, 1.165) is 22.3 Å². The first-order chi connectivity index (χ1) is 9.56. The molecular weight excluding hydrogens is 338 g/mol. The lowest BCUT2D eigenvalue weighted by atomic mass is 10.2. The van der Waals surface area contributed by atoms with Crippen LogP contribution >= 0.6 is 27.5 Å². The number of ether oxygens (including phenoxy) is 1. The fourth-order valence-electron chi connectivity index (χ4n) is 1.74. The molecule has 0 aliphatic heterocycles. The second-order valence-corrected chi connectivity index (χ2v) is 6.14. The first-order valence-electron chi connectivity index (χ1n) is 6.50. The Hall–Kier alpha value is -1.03. The van der Waals surface area contributed by atoms with Gasteiger partial charge >= 0.3 is 0 Å². The summed E-state index contributed by atoms with van der Waals surface area (Å²) in [6.45, 7) is 5.00. The van der Waals surface area contributed by atoms with Crippen molar-refractivity contribution in [3.63, 3.8) is 0 Å². The van der Waals surface area contributed by atoms with Crippen molar-refractivity contribution in [2.24, 2.45) is 0 Å². The molecule has 0 saturated carbocycles. The lowest BCUT2D eigenvalue weighted by molar-refractivity contribution is 0.469. The molecule has 2 aromatic rings. The molecule has 0 aliphatic carbocycles. The van der Waals surface area contributed by atoms with Crippen molar-refractivity contribution in [3.8, 4) is 11.5 Å². The molecule has 0 heterocycles. The van der Waals surface area contributed by atoms with Crippen LogP contribution in [0.25, 0.3) is 0 Å². The third kappa shape index (κ3) is 4.23. The molecule has 0 bridgehead atoms. The molecule has 20 heavy (non-hydrogen) atoms. The molecule has 0 spiro atoms. The Morgan fingerprint density at radius 2 is 1.90 bits per heavy atom. The molecule has 0 aliphatic rings. The number of para-hydroxylation sites is 1. The Morgan fingerprint density at radius 3 is 2.65 bits per heavy atom. The van der Waals surface area contributed by atoms with Crippen LogP contribution in [0.2, 0.25) is 5.02 Å². The summed E-state index contributed by atoms with van der Waals surface area (Å²) < 4.78 is 6.89. The number of hydrogen-bond donors (Lipinski definition) is 1. The molecule has 0 saturated heterocycles. The summed E-state index contributed by atoms with van der Waals surface area (Å²) in [5, 5.41) is 3.99. The van der Waals surface area contributed by atoms with Crippen LogP contribution in [0, 0.1) is 0 Å². The molecule has 0 unspecified atom stereocenters. The van der Waals surface area contributed by atoms with Crippen molar-refractivity contribution >= 4 is 27.5 Å². The molecule has 106 valence electrons.